The first-order valence-electron chi connectivity index (χ1n) is 10.1. The maximum absolute atomic E-state index is 9.78. The van der Waals surface area contributed by atoms with E-state index in [9.17, 15) is 5.11 Å². The van der Waals surface area contributed by atoms with Crippen LogP contribution in [-0.2, 0) is 5.41 Å². The molecule has 0 bridgehead atoms. The van der Waals surface area contributed by atoms with E-state index in [4.69, 9.17) is 14.5 Å². The summed E-state index contributed by atoms with van der Waals surface area (Å²) < 4.78 is 10.9. The molecule has 6 nitrogen and oxygen atoms in total. The second-order valence-electron chi connectivity index (χ2n) is 7.82. The Labute approximate surface area is 173 Å². The lowest BCUT2D eigenvalue weighted by Gasteiger charge is -2.24. The van der Waals surface area contributed by atoms with Gasteiger partial charge in [-0.05, 0) is 30.2 Å². The van der Waals surface area contributed by atoms with Crippen LogP contribution >= 0.6 is 0 Å². The molecule has 1 atom stereocenters. The van der Waals surface area contributed by atoms with Crippen LogP contribution in [0.4, 0.5) is 0 Å². The van der Waals surface area contributed by atoms with Gasteiger partial charge in [-0.2, -0.15) is 0 Å². The highest BCUT2D eigenvalue weighted by Gasteiger charge is 2.24. The van der Waals surface area contributed by atoms with Crippen molar-refractivity contribution in [2.75, 3.05) is 33.0 Å². The van der Waals surface area contributed by atoms with Crippen LogP contribution in [0.5, 0.6) is 11.5 Å². The Morgan fingerprint density at radius 2 is 1.86 bits per heavy atom. The summed E-state index contributed by atoms with van der Waals surface area (Å²) in [5.41, 5.74) is 2.09. The summed E-state index contributed by atoms with van der Waals surface area (Å²) in [6.45, 7) is 8.72. The molecule has 0 fully saturated rings. The van der Waals surface area contributed by atoms with Gasteiger partial charge in [0, 0.05) is 24.4 Å². The predicted molar refractivity (Wildman–Crippen MR) is 116 cm³/mol. The first-order chi connectivity index (χ1) is 14.0. The number of aliphatic imine (C=N–C) groups is 1. The minimum atomic E-state index is -0.168. The fourth-order valence-corrected chi connectivity index (χ4v) is 3.26. The zero-order chi connectivity index (χ0) is 20.7. The second kappa shape index (κ2) is 9.65. The topological polar surface area (TPSA) is 75.1 Å². The Balaban J connectivity index is 1.66. The van der Waals surface area contributed by atoms with Crippen LogP contribution in [0.25, 0.3) is 0 Å². The summed E-state index contributed by atoms with van der Waals surface area (Å²) in [4.78, 5) is 4.80. The first kappa shape index (κ1) is 21.0. The minimum absolute atomic E-state index is 0.0157. The van der Waals surface area contributed by atoms with Crippen molar-refractivity contribution in [1.82, 2.24) is 10.6 Å². The fraction of sp³-hybridized carbons (Fsp3) is 0.435. The molecule has 3 N–H and O–H groups in total. The molecule has 29 heavy (non-hydrogen) atoms. The number of nitrogens with one attached hydrogen (secondary N) is 2. The molecule has 0 saturated carbocycles. The van der Waals surface area contributed by atoms with Gasteiger partial charge >= 0.3 is 0 Å². The molecular weight excluding hydrogens is 366 g/mol. The molecule has 2 aromatic carbocycles. The zero-order valence-corrected chi connectivity index (χ0v) is 17.4. The van der Waals surface area contributed by atoms with Crippen LogP contribution in [0.15, 0.2) is 53.5 Å². The molecule has 1 unspecified atom stereocenters. The summed E-state index contributed by atoms with van der Waals surface area (Å²) in [6, 6.07) is 16.1. The van der Waals surface area contributed by atoms with Crippen LogP contribution < -0.4 is 20.1 Å². The summed E-state index contributed by atoms with van der Waals surface area (Å²) in [5.74, 6) is 2.34. The van der Waals surface area contributed by atoms with E-state index in [0.29, 0.717) is 13.1 Å². The molecule has 0 aliphatic carbocycles. The SMILES string of the molecule is CCNC(=NCC(C)(C)c1ccc2c(c1)OCO2)NCC(CO)c1ccccc1. The second-order valence-corrected chi connectivity index (χ2v) is 7.82. The monoisotopic (exact) mass is 397 g/mol. The third-order valence-corrected chi connectivity index (χ3v) is 5.14. The molecule has 1 aliphatic heterocycles. The number of rotatable bonds is 8. The van der Waals surface area contributed by atoms with Crippen molar-refractivity contribution in [3.05, 3.63) is 59.7 Å². The van der Waals surface area contributed by atoms with E-state index < -0.39 is 0 Å². The largest absolute Gasteiger partial charge is 0.454 e. The van der Waals surface area contributed by atoms with Gasteiger partial charge in [-0.1, -0.05) is 50.2 Å². The van der Waals surface area contributed by atoms with Crippen molar-refractivity contribution in [2.45, 2.75) is 32.1 Å². The van der Waals surface area contributed by atoms with Gasteiger partial charge in [-0.3, -0.25) is 4.99 Å². The van der Waals surface area contributed by atoms with E-state index in [-0.39, 0.29) is 24.7 Å². The number of aliphatic hydroxyl groups is 1. The van der Waals surface area contributed by atoms with Crippen molar-refractivity contribution in [3.8, 4) is 11.5 Å². The molecule has 2 aromatic rings. The van der Waals surface area contributed by atoms with Crippen molar-refractivity contribution in [3.63, 3.8) is 0 Å². The number of nitrogens with zero attached hydrogens (tertiary/aromatic N) is 1. The smallest absolute Gasteiger partial charge is 0.231 e. The van der Waals surface area contributed by atoms with Crippen molar-refractivity contribution in [2.24, 2.45) is 4.99 Å². The summed E-state index contributed by atoms with van der Waals surface area (Å²) >= 11 is 0. The maximum atomic E-state index is 9.78. The van der Waals surface area contributed by atoms with Crippen molar-refractivity contribution in [1.29, 1.82) is 0 Å². The summed E-state index contributed by atoms with van der Waals surface area (Å²) in [5, 5.41) is 16.4. The van der Waals surface area contributed by atoms with Gasteiger partial charge in [0.05, 0.1) is 13.2 Å². The minimum Gasteiger partial charge on any atom is -0.454 e. The fourth-order valence-electron chi connectivity index (χ4n) is 3.26. The van der Waals surface area contributed by atoms with Crippen molar-refractivity contribution < 1.29 is 14.6 Å². The van der Waals surface area contributed by atoms with Crippen LogP contribution in [0.1, 0.15) is 37.8 Å². The molecule has 156 valence electrons. The molecule has 0 aromatic heterocycles. The average Bonchev–Trinajstić information content (AvgIpc) is 3.21. The van der Waals surface area contributed by atoms with Gasteiger partial charge in [0.2, 0.25) is 6.79 Å². The van der Waals surface area contributed by atoms with Gasteiger partial charge in [0.1, 0.15) is 0 Å². The number of hydrogen-bond donors (Lipinski definition) is 3. The van der Waals surface area contributed by atoms with Crippen LogP contribution in [0.2, 0.25) is 0 Å². The molecule has 6 heteroatoms. The Morgan fingerprint density at radius 3 is 2.59 bits per heavy atom. The molecule has 1 aliphatic rings. The highest BCUT2D eigenvalue weighted by molar-refractivity contribution is 5.79. The highest BCUT2D eigenvalue weighted by Crippen LogP contribution is 2.36. The van der Waals surface area contributed by atoms with E-state index in [1.54, 1.807) is 0 Å². The Morgan fingerprint density at radius 1 is 1.10 bits per heavy atom. The first-order valence-corrected chi connectivity index (χ1v) is 10.1. The Bertz CT molecular complexity index is 821. The van der Waals surface area contributed by atoms with E-state index in [1.807, 2.05) is 49.4 Å². The molecule has 0 amide bonds. The molecule has 0 radical (unpaired) electrons. The van der Waals surface area contributed by atoms with E-state index in [1.165, 1.54) is 0 Å². The quantitative estimate of drug-likeness (QED) is 0.472. The normalized spacial score (nSPS) is 14.6. The number of aliphatic hydroxyl groups excluding tert-OH is 1. The standard InChI is InChI=1S/C23H31N3O3/c1-4-24-22(25-13-18(14-27)17-8-6-5-7-9-17)26-15-23(2,3)19-10-11-20-21(12-19)29-16-28-20/h5-12,18,27H,4,13-16H2,1-3H3,(H2,24,25,26). The van der Waals surface area contributed by atoms with Gasteiger partial charge in [-0.15, -0.1) is 0 Å². The van der Waals surface area contributed by atoms with E-state index in [2.05, 4.69) is 30.5 Å². The Kier molecular flexibility index (Phi) is 6.99. The lowest BCUT2D eigenvalue weighted by atomic mass is 9.84. The van der Waals surface area contributed by atoms with E-state index >= 15 is 0 Å². The van der Waals surface area contributed by atoms with Gasteiger partial charge < -0.3 is 25.2 Å². The summed E-state index contributed by atoms with van der Waals surface area (Å²) in [6.07, 6.45) is 0. The van der Waals surface area contributed by atoms with Gasteiger partial charge in [-0.25, -0.2) is 0 Å². The van der Waals surface area contributed by atoms with Crippen LogP contribution in [0, 0.1) is 0 Å². The zero-order valence-electron chi connectivity index (χ0n) is 17.4. The lowest BCUT2D eigenvalue weighted by molar-refractivity contribution is 0.174. The molecular formula is C23H31N3O3. The van der Waals surface area contributed by atoms with Gasteiger partial charge in [0.15, 0.2) is 17.5 Å². The molecule has 3 rings (SSSR count). The van der Waals surface area contributed by atoms with Crippen LogP contribution in [-0.4, -0.2) is 44.1 Å². The van der Waals surface area contributed by atoms with Gasteiger partial charge in [0.25, 0.3) is 0 Å². The number of guanidine groups is 1. The number of benzene rings is 2. The maximum Gasteiger partial charge on any atom is 0.231 e. The van der Waals surface area contributed by atoms with Crippen molar-refractivity contribution >= 4 is 5.96 Å². The molecule has 1 heterocycles. The highest BCUT2D eigenvalue weighted by atomic mass is 16.7. The number of hydrogen-bond acceptors (Lipinski definition) is 4. The third kappa shape index (κ3) is 5.41. The number of ether oxygens (including phenoxy) is 2. The third-order valence-electron chi connectivity index (χ3n) is 5.14. The average molecular weight is 398 g/mol. The summed E-state index contributed by atoms with van der Waals surface area (Å²) in [7, 11) is 0. The van der Waals surface area contributed by atoms with Crippen LogP contribution in [0.3, 0.4) is 0 Å². The van der Waals surface area contributed by atoms with E-state index in [0.717, 1.165) is 35.1 Å². The molecule has 0 spiro atoms. The predicted octanol–water partition coefficient (Wildman–Crippen LogP) is 3.02. The Hall–Kier alpha value is -2.73. The lowest BCUT2D eigenvalue weighted by Crippen LogP contribution is -2.40. The molecule has 0 saturated heterocycles. The number of fused-ring (bicyclic) bond motifs is 1.